The molecule has 0 saturated carbocycles. The van der Waals surface area contributed by atoms with Crippen LogP contribution in [0.15, 0.2) is 23.1 Å². The number of fused-ring (bicyclic) bond motifs is 1. The van der Waals surface area contributed by atoms with Gasteiger partial charge in [0, 0.05) is 34.8 Å². The quantitative estimate of drug-likeness (QED) is 0.821. The van der Waals surface area contributed by atoms with Crippen LogP contribution in [0.4, 0.5) is 5.69 Å². The van der Waals surface area contributed by atoms with E-state index in [0.717, 1.165) is 5.02 Å². The zero-order valence-electron chi connectivity index (χ0n) is 8.90. The Morgan fingerprint density at radius 1 is 1.53 bits per heavy atom. The molecule has 0 fully saturated rings. The van der Waals surface area contributed by atoms with Crippen molar-refractivity contribution in [2.24, 2.45) is 5.73 Å². The number of rotatable bonds is 1. The van der Waals surface area contributed by atoms with Crippen molar-refractivity contribution in [3.8, 4) is 0 Å². The van der Waals surface area contributed by atoms with Gasteiger partial charge in [0.1, 0.15) is 0 Å². The number of anilines is 1. The summed E-state index contributed by atoms with van der Waals surface area (Å²) < 4.78 is 0. The fourth-order valence-electron chi connectivity index (χ4n) is 1.85. The van der Waals surface area contributed by atoms with Crippen molar-refractivity contribution in [2.75, 3.05) is 18.5 Å². The maximum Gasteiger partial charge on any atom is 0.0505 e. The second-order valence-corrected chi connectivity index (χ2v) is 5.57. The van der Waals surface area contributed by atoms with Crippen LogP contribution in [-0.2, 0) is 0 Å². The lowest BCUT2D eigenvalue weighted by Crippen LogP contribution is -2.43. The Hall–Kier alpha value is -0.380. The van der Waals surface area contributed by atoms with E-state index in [1.807, 2.05) is 23.9 Å². The molecule has 1 aromatic rings. The summed E-state index contributed by atoms with van der Waals surface area (Å²) >= 11 is 7.82. The molecular weight excluding hydrogens is 228 g/mol. The van der Waals surface area contributed by atoms with Gasteiger partial charge in [-0.25, -0.2) is 0 Å². The van der Waals surface area contributed by atoms with E-state index in [1.165, 1.54) is 10.6 Å². The third-order valence-corrected chi connectivity index (χ3v) is 4.67. The van der Waals surface area contributed by atoms with Crippen molar-refractivity contribution in [2.45, 2.75) is 23.1 Å². The van der Waals surface area contributed by atoms with Crippen molar-refractivity contribution in [3.05, 3.63) is 23.2 Å². The topological polar surface area (TPSA) is 29.3 Å². The average Bonchev–Trinajstić information content (AvgIpc) is 2.23. The standard InChI is InChI=1S/C11H15ClN2S/c1-7-11(6-13)15-10-5-8(12)3-4-9(10)14(7)2/h3-5,7,11H,6,13H2,1-2H3. The molecular formula is C11H15ClN2S. The Bertz CT molecular complexity index is 370. The summed E-state index contributed by atoms with van der Waals surface area (Å²) in [5.74, 6) is 0. The maximum atomic E-state index is 5.99. The van der Waals surface area contributed by atoms with Gasteiger partial charge in [0.05, 0.1) is 5.69 Å². The zero-order valence-corrected chi connectivity index (χ0v) is 10.5. The lowest BCUT2D eigenvalue weighted by molar-refractivity contribution is 0.636. The number of benzene rings is 1. The van der Waals surface area contributed by atoms with Crippen LogP contribution < -0.4 is 10.6 Å². The number of halogens is 1. The largest absolute Gasteiger partial charge is 0.370 e. The van der Waals surface area contributed by atoms with Crippen LogP contribution in [0.1, 0.15) is 6.92 Å². The number of hydrogen-bond donors (Lipinski definition) is 1. The predicted molar refractivity (Wildman–Crippen MR) is 68.0 cm³/mol. The molecule has 0 radical (unpaired) electrons. The molecule has 1 aliphatic heterocycles. The predicted octanol–water partition coefficient (Wildman–Crippen LogP) is 2.60. The number of nitrogens with zero attached hydrogens (tertiary/aromatic N) is 1. The minimum atomic E-state index is 0.445. The van der Waals surface area contributed by atoms with E-state index in [4.69, 9.17) is 17.3 Å². The molecule has 2 atom stereocenters. The fourth-order valence-corrected chi connectivity index (χ4v) is 3.42. The average molecular weight is 243 g/mol. The summed E-state index contributed by atoms with van der Waals surface area (Å²) in [7, 11) is 2.11. The van der Waals surface area contributed by atoms with Gasteiger partial charge >= 0.3 is 0 Å². The van der Waals surface area contributed by atoms with Gasteiger partial charge in [-0.3, -0.25) is 0 Å². The van der Waals surface area contributed by atoms with Gasteiger partial charge in [0.2, 0.25) is 0 Å². The first-order chi connectivity index (χ1) is 7.13. The highest BCUT2D eigenvalue weighted by molar-refractivity contribution is 8.00. The molecule has 1 heterocycles. The minimum Gasteiger partial charge on any atom is -0.370 e. The molecule has 0 aliphatic carbocycles. The van der Waals surface area contributed by atoms with Crippen molar-refractivity contribution < 1.29 is 0 Å². The van der Waals surface area contributed by atoms with Crippen molar-refractivity contribution >= 4 is 29.1 Å². The minimum absolute atomic E-state index is 0.445. The van der Waals surface area contributed by atoms with Gasteiger partial charge in [-0.2, -0.15) is 0 Å². The molecule has 0 saturated heterocycles. The summed E-state index contributed by atoms with van der Waals surface area (Å²) in [6, 6.07) is 6.50. The van der Waals surface area contributed by atoms with Gasteiger partial charge < -0.3 is 10.6 Å². The van der Waals surface area contributed by atoms with E-state index in [0.29, 0.717) is 17.8 Å². The molecule has 2 nitrogen and oxygen atoms in total. The smallest absolute Gasteiger partial charge is 0.0505 e. The molecule has 15 heavy (non-hydrogen) atoms. The third-order valence-electron chi connectivity index (χ3n) is 2.96. The van der Waals surface area contributed by atoms with Gasteiger partial charge in [-0.05, 0) is 25.1 Å². The monoisotopic (exact) mass is 242 g/mol. The Morgan fingerprint density at radius 2 is 2.27 bits per heavy atom. The maximum absolute atomic E-state index is 5.99. The summed E-state index contributed by atoms with van der Waals surface area (Å²) in [6.45, 7) is 2.91. The normalized spacial score (nSPS) is 25.2. The van der Waals surface area contributed by atoms with E-state index in [2.05, 4.69) is 24.9 Å². The summed E-state index contributed by atoms with van der Waals surface area (Å²) in [4.78, 5) is 3.51. The van der Waals surface area contributed by atoms with Gasteiger partial charge in [0.15, 0.2) is 0 Å². The first-order valence-corrected chi connectivity index (χ1v) is 6.28. The van der Waals surface area contributed by atoms with Gasteiger partial charge in [0.25, 0.3) is 0 Å². The van der Waals surface area contributed by atoms with Crippen LogP contribution >= 0.6 is 23.4 Å². The van der Waals surface area contributed by atoms with Crippen LogP contribution in [-0.4, -0.2) is 24.9 Å². The Labute approximate surface area is 99.8 Å². The van der Waals surface area contributed by atoms with E-state index in [1.54, 1.807) is 0 Å². The van der Waals surface area contributed by atoms with Gasteiger partial charge in [-0.15, -0.1) is 11.8 Å². The molecule has 2 unspecified atom stereocenters. The molecule has 0 aromatic heterocycles. The molecule has 0 bridgehead atoms. The van der Waals surface area contributed by atoms with E-state index < -0.39 is 0 Å². The van der Waals surface area contributed by atoms with Crippen LogP contribution in [0.2, 0.25) is 5.02 Å². The zero-order chi connectivity index (χ0) is 11.0. The lowest BCUT2D eigenvalue weighted by Gasteiger charge is -2.38. The third kappa shape index (κ3) is 1.96. The first kappa shape index (κ1) is 11.1. The first-order valence-electron chi connectivity index (χ1n) is 5.02. The van der Waals surface area contributed by atoms with E-state index >= 15 is 0 Å². The lowest BCUT2D eigenvalue weighted by atomic mass is 10.1. The van der Waals surface area contributed by atoms with Gasteiger partial charge in [-0.1, -0.05) is 11.6 Å². The second kappa shape index (κ2) is 4.24. The van der Waals surface area contributed by atoms with Crippen molar-refractivity contribution in [3.63, 3.8) is 0 Å². The Morgan fingerprint density at radius 3 is 2.93 bits per heavy atom. The molecule has 2 rings (SSSR count). The SMILES string of the molecule is CC1C(CN)Sc2cc(Cl)ccc2N1C. The highest BCUT2D eigenvalue weighted by atomic mass is 35.5. The number of nitrogens with two attached hydrogens (primary N) is 1. The summed E-state index contributed by atoms with van der Waals surface area (Å²) in [6.07, 6.45) is 0. The second-order valence-electron chi connectivity index (χ2n) is 3.86. The molecule has 0 spiro atoms. The highest BCUT2D eigenvalue weighted by Crippen LogP contribution is 2.41. The molecule has 1 aromatic carbocycles. The fraction of sp³-hybridized carbons (Fsp3) is 0.455. The summed E-state index contributed by atoms with van der Waals surface area (Å²) in [5.41, 5.74) is 7.02. The number of hydrogen-bond acceptors (Lipinski definition) is 3. The number of thioether (sulfide) groups is 1. The highest BCUT2D eigenvalue weighted by Gasteiger charge is 2.28. The van der Waals surface area contributed by atoms with Crippen LogP contribution in [0.25, 0.3) is 0 Å². The van der Waals surface area contributed by atoms with Crippen molar-refractivity contribution in [1.29, 1.82) is 0 Å². The van der Waals surface area contributed by atoms with Crippen LogP contribution in [0, 0.1) is 0 Å². The molecule has 1 aliphatic rings. The molecule has 0 amide bonds. The molecule has 2 N–H and O–H groups in total. The van der Waals surface area contributed by atoms with Crippen LogP contribution in [0.5, 0.6) is 0 Å². The summed E-state index contributed by atoms with van der Waals surface area (Å²) in [5, 5.41) is 1.24. The molecule has 4 heteroatoms. The van der Waals surface area contributed by atoms with Crippen LogP contribution in [0.3, 0.4) is 0 Å². The van der Waals surface area contributed by atoms with E-state index in [-0.39, 0.29) is 0 Å². The molecule has 82 valence electrons. The van der Waals surface area contributed by atoms with Crippen molar-refractivity contribution in [1.82, 2.24) is 0 Å². The Balaban J connectivity index is 2.40. The Kier molecular flexibility index (Phi) is 3.14. The van der Waals surface area contributed by atoms with E-state index in [9.17, 15) is 0 Å².